The van der Waals surface area contributed by atoms with Crippen molar-refractivity contribution in [1.82, 2.24) is 10.1 Å². The van der Waals surface area contributed by atoms with Crippen LogP contribution >= 0.6 is 11.6 Å². The van der Waals surface area contributed by atoms with E-state index in [4.69, 9.17) is 20.9 Å². The van der Waals surface area contributed by atoms with Gasteiger partial charge in [0.15, 0.2) is 5.76 Å². The largest absolute Gasteiger partial charge is 0.466 e. The van der Waals surface area contributed by atoms with Crippen molar-refractivity contribution in [1.29, 1.82) is 0 Å². The Labute approximate surface area is 146 Å². The van der Waals surface area contributed by atoms with Gasteiger partial charge >= 0.3 is 5.97 Å². The molecule has 1 aromatic carbocycles. The molecule has 0 N–H and O–H groups in total. The van der Waals surface area contributed by atoms with Gasteiger partial charge in [0.1, 0.15) is 5.69 Å². The van der Waals surface area contributed by atoms with E-state index in [-0.39, 0.29) is 11.9 Å². The molecule has 128 valence electrons. The monoisotopic (exact) mass is 348 g/mol. The predicted molar refractivity (Wildman–Crippen MR) is 91.6 cm³/mol. The molecule has 0 saturated carbocycles. The third-order valence-corrected chi connectivity index (χ3v) is 4.54. The molecule has 1 saturated heterocycles. The fourth-order valence-corrected chi connectivity index (χ4v) is 3.08. The fraction of sp³-hybridized carbons (Fsp3) is 0.444. The Bertz CT molecular complexity index is 676. The third-order valence-electron chi connectivity index (χ3n) is 4.29. The van der Waals surface area contributed by atoms with Gasteiger partial charge in [-0.05, 0) is 45.0 Å². The van der Waals surface area contributed by atoms with Gasteiger partial charge in [0.2, 0.25) is 0 Å². The lowest BCUT2D eigenvalue weighted by molar-refractivity contribution is -0.149. The van der Waals surface area contributed by atoms with Crippen LogP contribution in [0.25, 0.3) is 11.3 Å². The van der Waals surface area contributed by atoms with Crippen LogP contribution in [0.4, 0.5) is 0 Å². The summed E-state index contributed by atoms with van der Waals surface area (Å²) in [4.78, 5) is 14.0. The SMILES string of the molecule is CCOC(=O)C1CCN(Cc2cc(-c3ccc(Cl)cc3)no2)CC1. The van der Waals surface area contributed by atoms with Gasteiger partial charge in [-0.15, -0.1) is 0 Å². The summed E-state index contributed by atoms with van der Waals surface area (Å²) in [6.07, 6.45) is 1.66. The van der Waals surface area contributed by atoms with Crippen molar-refractivity contribution in [2.24, 2.45) is 5.92 Å². The molecule has 5 nitrogen and oxygen atoms in total. The zero-order chi connectivity index (χ0) is 16.9. The van der Waals surface area contributed by atoms with Crippen LogP contribution in [-0.2, 0) is 16.1 Å². The zero-order valence-corrected chi connectivity index (χ0v) is 14.5. The molecule has 1 aromatic heterocycles. The molecule has 3 rings (SSSR count). The van der Waals surface area contributed by atoms with Crippen LogP contribution in [0.3, 0.4) is 0 Å². The van der Waals surface area contributed by atoms with Crippen molar-refractivity contribution >= 4 is 17.6 Å². The second-order valence-corrected chi connectivity index (χ2v) is 6.42. The number of hydrogen-bond donors (Lipinski definition) is 0. The standard InChI is InChI=1S/C18H21ClN2O3/c1-2-23-18(22)14-7-9-21(10-8-14)12-16-11-17(20-24-16)13-3-5-15(19)6-4-13/h3-6,11,14H,2,7-10,12H2,1H3. The number of ether oxygens (including phenoxy) is 1. The van der Waals surface area contributed by atoms with Crippen molar-refractivity contribution in [3.63, 3.8) is 0 Å². The number of piperidine rings is 1. The van der Waals surface area contributed by atoms with E-state index in [1.165, 1.54) is 0 Å². The average molecular weight is 349 g/mol. The topological polar surface area (TPSA) is 55.6 Å². The first-order valence-electron chi connectivity index (χ1n) is 8.26. The Hall–Kier alpha value is -1.85. The predicted octanol–water partition coefficient (Wildman–Crippen LogP) is 3.77. The first-order valence-corrected chi connectivity index (χ1v) is 8.64. The molecule has 2 aromatic rings. The van der Waals surface area contributed by atoms with Crippen LogP contribution in [0.1, 0.15) is 25.5 Å². The highest BCUT2D eigenvalue weighted by Crippen LogP contribution is 2.24. The van der Waals surface area contributed by atoms with E-state index in [1.807, 2.05) is 37.3 Å². The normalized spacial score (nSPS) is 16.2. The second kappa shape index (κ2) is 7.81. The summed E-state index contributed by atoms with van der Waals surface area (Å²) in [6, 6.07) is 9.49. The minimum atomic E-state index is -0.0677. The van der Waals surface area contributed by atoms with E-state index in [1.54, 1.807) is 0 Å². The van der Waals surface area contributed by atoms with Gasteiger partial charge in [-0.25, -0.2) is 0 Å². The number of carbonyl (C=O) groups is 1. The number of rotatable bonds is 5. The molecule has 0 spiro atoms. The summed E-state index contributed by atoms with van der Waals surface area (Å²) >= 11 is 5.90. The maximum atomic E-state index is 11.8. The van der Waals surface area contributed by atoms with Gasteiger partial charge in [0.05, 0.1) is 19.1 Å². The molecular formula is C18H21ClN2O3. The molecule has 24 heavy (non-hydrogen) atoms. The lowest BCUT2D eigenvalue weighted by Gasteiger charge is -2.29. The van der Waals surface area contributed by atoms with E-state index >= 15 is 0 Å². The van der Waals surface area contributed by atoms with Gasteiger partial charge in [-0.1, -0.05) is 28.9 Å². The molecule has 6 heteroatoms. The summed E-state index contributed by atoms with van der Waals surface area (Å²) in [7, 11) is 0. The molecule has 1 fully saturated rings. The summed E-state index contributed by atoms with van der Waals surface area (Å²) < 4.78 is 10.5. The first-order chi connectivity index (χ1) is 11.7. The molecule has 0 bridgehead atoms. The summed E-state index contributed by atoms with van der Waals surface area (Å²) in [5, 5.41) is 4.83. The van der Waals surface area contributed by atoms with E-state index in [9.17, 15) is 4.79 Å². The minimum absolute atomic E-state index is 0.0283. The number of nitrogens with zero attached hydrogens (tertiary/aromatic N) is 2. The lowest BCUT2D eigenvalue weighted by atomic mass is 9.97. The second-order valence-electron chi connectivity index (χ2n) is 5.99. The number of likely N-dealkylation sites (tertiary alicyclic amines) is 1. The molecule has 1 aliphatic heterocycles. The van der Waals surface area contributed by atoms with Crippen LogP contribution in [0.5, 0.6) is 0 Å². The molecule has 0 atom stereocenters. The number of halogens is 1. The maximum Gasteiger partial charge on any atom is 0.309 e. The van der Waals surface area contributed by atoms with Crippen molar-refractivity contribution in [3.05, 3.63) is 41.1 Å². The first kappa shape index (κ1) is 17.0. The molecule has 1 aliphatic rings. The molecule has 2 heterocycles. The van der Waals surface area contributed by atoms with Gasteiger partial charge in [-0.2, -0.15) is 0 Å². The molecule has 0 aliphatic carbocycles. The number of esters is 1. The minimum Gasteiger partial charge on any atom is -0.466 e. The average Bonchev–Trinajstić information content (AvgIpc) is 3.05. The van der Waals surface area contributed by atoms with Crippen molar-refractivity contribution < 1.29 is 14.1 Å². The van der Waals surface area contributed by atoms with Gasteiger partial charge in [0.25, 0.3) is 0 Å². The Morgan fingerprint density at radius 2 is 2.04 bits per heavy atom. The van der Waals surface area contributed by atoms with Gasteiger partial charge in [0, 0.05) is 16.7 Å². The highest BCUT2D eigenvalue weighted by Gasteiger charge is 2.26. The highest BCUT2D eigenvalue weighted by molar-refractivity contribution is 6.30. The maximum absolute atomic E-state index is 11.8. The summed E-state index contributed by atoms with van der Waals surface area (Å²) in [5.41, 5.74) is 1.79. The van der Waals surface area contributed by atoms with Gasteiger partial charge in [-0.3, -0.25) is 9.69 Å². The van der Waals surface area contributed by atoms with Crippen LogP contribution in [0.15, 0.2) is 34.9 Å². The Morgan fingerprint density at radius 1 is 1.33 bits per heavy atom. The number of aromatic nitrogens is 1. The summed E-state index contributed by atoms with van der Waals surface area (Å²) in [5.74, 6) is 0.789. The zero-order valence-electron chi connectivity index (χ0n) is 13.7. The summed E-state index contributed by atoms with van der Waals surface area (Å²) in [6.45, 7) is 4.72. The van der Waals surface area contributed by atoms with E-state index in [0.29, 0.717) is 18.2 Å². The highest BCUT2D eigenvalue weighted by atomic mass is 35.5. The Morgan fingerprint density at radius 3 is 2.71 bits per heavy atom. The van der Waals surface area contributed by atoms with E-state index in [2.05, 4.69) is 10.1 Å². The molecular weight excluding hydrogens is 328 g/mol. The van der Waals surface area contributed by atoms with Crippen LogP contribution in [0, 0.1) is 5.92 Å². The van der Waals surface area contributed by atoms with Crippen molar-refractivity contribution in [3.8, 4) is 11.3 Å². The Kier molecular flexibility index (Phi) is 5.53. The number of benzene rings is 1. The van der Waals surface area contributed by atoms with Crippen LogP contribution in [0.2, 0.25) is 5.02 Å². The van der Waals surface area contributed by atoms with Crippen LogP contribution in [-0.4, -0.2) is 35.7 Å². The van der Waals surface area contributed by atoms with Crippen LogP contribution < -0.4 is 0 Å². The number of carbonyl (C=O) groups excluding carboxylic acids is 1. The molecule has 0 amide bonds. The van der Waals surface area contributed by atoms with Crippen molar-refractivity contribution in [2.75, 3.05) is 19.7 Å². The van der Waals surface area contributed by atoms with E-state index < -0.39 is 0 Å². The fourth-order valence-electron chi connectivity index (χ4n) is 2.95. The molecule has 0 unspecified atom stereocenters. The van der Waals surface area contributed by atoms with Gasteiger partial charge < -0.3 is 9.26 Å². The smallest absolute Gasteiger partial charge is 0.309 e. The quantitative estimate of drug-likeness (QED) is 0.770. The third kappa shape index (κ3) is 4.16. The lowest BCUT2D eigenvalue weighted by Crippen LogP contribution is -2.36. The Balaban J connectivity index is 1.54. The number of hydrogen-bond acceptors (Lipinski definition) is 5. The van der Waals surface area contributed by atoms with E-state index in [0.717, 1.165) is 42.9 Å². The molecule has 0 radical (unpaired) electrons. The van der Waals surface area contributed by atoms with Crippen molar-refractivity contribution in [2.45, 2.75) is 26.3 Å².